The Balaban J connectivity index is 2.09. The zero-order valence-electron chi connectivity index (χ0n) is 9.43. The maximum Gasteiger partial charge on any atom is 0.137 e. The van der Waals surface area contributed by atoms with Crippen LogP contribution in [0, 0.1) is 0 Å². The van der Waals surface area contributed by atoms with Crippen LogP contribution in [-0.2, 0) is 0 Å². The molecule has 4 heteroatoms. The number of pyridine rings is 1. The molecule has 2 rings (SSSR count). The van der Waals surface area contributed by atoms with Crippen molar-refractivity contribution in [3.63, 3.8) is 0 Å². The van der Waals surface area contributed by atoms with Crippen molar-refractivity contribution in [1.82, 2.24) is 4.98 Å². The first-order valence-electron chi connectivity index (χ1n) is 5.60. The Kier molecular flexibility index (Phi) is 4.07. The average molecular weight is 239 g/mol. The van der Waals surface area contributed by atoms with Crippen molar-refractivity contribution < 1.29 is 9.84 Å². The smallest absolute Gasteiger partial charge is 0.137 e. The molecule has 16 heavy (non-hydrogen) atoms. The predicted molar refractivity (Wildman–Crippen MR) is 65.8 cm³/mol. The zero-order valence-corrected chi connectivity index (χ0v) is 10.2. The minimum atomic E-state index is -0.423. The van der Waals surface area contributed by atoms with E-state index in [9.17, 15) is 5.11 Å². The Bertz CT molecular complexity index is 340. The van der Waals surface area contributed by atoms with Gasteiger partial charge in [-0.05, 0) is 24.7 Å². The van der Waals surface area contributed by atoms with Gasteiger partial charge in [0.2, 0.25) is 0 Å². The number of aliphatic hydroxyl groups is 1. The van der Waals surface area contributed by atoms with Gasteiger partial charge in [0.1, 0.15) is 5.75 Å². The van der Waals surface area contributed by atoms with Crippen LogP contribution in [0.4, 0.5) is 0 Å². The van der Waals surface area contributed by atoms with Gasteiger partial charge < -0.3 is 9.84 Å². The first-order chi connectivity index (χ1) is 7.81. The first-order valence-corrected chi connectivity index (χ1v) is 6.65. The Morgan fingerprint density at radius 3 is 3.06 bits per heavy atom. The van der Waals surface area contributed by atoms with Crippen LogP contribution < -0.4 is 4.74 Å². The molecule has 2 atom stereocenters. The number of hydrogen-bond donors (Lipinski definition) is 1. The van der Waals surface area contributed by atoms with E-state index in [0.29, 0.717) is 11.0 Å². The topological polar surface area (TPSA) is 42.4 Å². The lowest BCUT2D eigenvalue weighted by molar-refractivity contribution is 0.168. The van der Waals surface area contributed by atoms with E-state index in [-0.39, 0.29) is 0 Å². The summed E-state index contributed by atoms with van der Waals surface area (Å²) in [6.07, 6.45) is 6.53. The van der Waals surface area contributed by atoms with E-state index in [1.165, 1.54) is 12.8 Å². The molecule has 0 aliphatic carbocycles. The maximum atomic E-state index is 10.2. The fourth-order valence-electron chi connectivity index (χ4n) is 1.94. The van der Waals surface area contributed by atoms with E-state index < -0.39 is 6.10 Å². The van der Waals surface area contributed by atoms with Crippen LogP contribution in [0.15, 0.2) is 18.5 Å². The number of rotatable bonds is 3. The summed E-state index contributed by atoms with van der Waals surface area (Å²) in [6.45, 7) is 0. The number of aromatic nitrogens is 1. The lowest BCUT2D eigenvalue weighted by Gasteiger charge is -2.26. The van der Waals surface area contributed by atoms with Crippen LogP contribution in [0.5, 0.6) is 5.75 Å². The van der Waals surface area contributed by atoms with E-state index in [0.717, 1.165) is 17.7 Å². The number of thioether (sulfide) groups is 1. The minimum Gasteiger partial charge on any atom is -0.495 e. The molecule has 0 spiro atoms. The molecule has 1 aromatic rings. The fraction of sp³-hybridized carbons (Fsp3) is 0.583. The molecule has 1 N–H and O–H groups in total. The van der Waals surface area contributed by atoms with Gasteiger partial charge in [0, 0.05) is 17.0 Å². The van der Waals surface area contributed by atoms with E-state index in [1.807, 2.05) is 17.8 Å². The van der Waals surface area contributed by atoms with E-state index in [4.69, 9.17) is 4.74 Å². The predicted octanol–water partition coefficient (Wildman–Crippen LogP) is 2.41. The van der Waals surface area contributed by atoms with Gasteiger partial charge in [-0.25, -0.2) is 0 Å². The molecule has 1 saturated heterocycles. The molecule has 1 aliphatic rings. The third-order valence-electron chi connectivity index (χ3n) is 2.88. The number of nitrogens with zero attached hydrogens (tertiary/aromatic N) is 1. The lowest BCUT2D eigenvalue weighted by Crippen LogP contribution is -2.19. The summed E-state index contributed by atoms with van der Waals surface area (Å²) < 4.78 is 5.11. The third kappa shape index (κ3) is 2.68. The monoisotopic (exact) mass is 239 g/mol. The summed E-state index contributed by atoms with van der Waals surface area (Å²) in [5.74, 6) is 1.86. The second kappa shape index (κ2) is 5.55. The number of hydrogen-bond acceptors (Lipinski definition) is 4. The van der Waals surface area contributed by atoms with Gasteiger partial charge >= 0.3 is 0 Å². The highest BCUT2D eigenvalue weighted by Crippen LogP contribution is 2.35. The van der Waals surface area contributed by atoms with Crippen LogP contribution in [0.3, 0.4) is 0 Å². The molecule has 0 radical (unpaired) electrons. The van der Waals surface area contributed by atoms with Crippen molar-refractivity contribution in [1.29, 1.82) is 0 Å². The van der Waals surface area contributed by atoms with E-state index >= 15 is 0 Å². The van der Waals surface area contributed by atoms with Gasteiger partial charge in [-0.15, -0.1) is 0 Å². The Morgan fingerprint density at radius 1 is 1.50 bits per heavy atom. The maximum absolute atomic E-state index is 10.2. The molecular formula is C12H17NO2S. The molecular weight excluding hydrogens is 222 g/mol. The van der Waals surface area contributed by atoms with E-state index in [2.05, 4.69) is 4.98 Å². The van der Waals surface area contributed by atoms with Crippen LogP contribution >= 0.6 is 11.8 Å². The molecule has 2 unspecified atom stereocenters. The van der Waals surface area contributed by atoms with Crippen molar-refractivity contribution in [2.24, 2.45) is 0 Å². The SMILES string of the molecule is COc1cncc(C(O)C2CCCCS2)c1. The zero-order chi connectivity index (χ0) is 11.4. The Morgan fingerprint density at radius 2 is 2.38 bits per heavy atom. The normalized spacial score (nSPS) is 22.8. The number of methoxy groups -OCH3 is 1. The fourth-order valence-corrected chi connectivity index (χ4v) is 3.28. The van der Waals surface area contributed by atoms with Gasteiger partial charge in [-0.3, -0.25) is 4.98 Å². The summed E-state index contributed by atoms with van der Waals surface area (Å²) in [5, 5.41) is 10.6. The van der Waals surface area contributed by atoms with Gasteiger partial charge in [0.15, 0.2) is 0 Å². The molecule has 1 aliphatic heterocycles. The molecule has 0 aromatic carbocycles. The van der Waals surface area contributed by atoms with Crippen molar-refractivity contribution >= 4 is 11.8 Å². The van der Waals surface area contributed by atoms with E-state index in [1.54, 1.807) is 19.5 Å². The van der Waals surface area contributed by atoms with Gasteiger partial charge in [-0.2, -0.15) is 11.8 Å². The lowest BCUT2D eigenvalue weighted by atomic mass is 10.0. The minimum absolute atomic E-state index is 0.308. The second-order valence-electron chi connectivity index (χ2n) is 4.01. The Hall–Kier alpha value is -0.740. The highest BCUT2D eigenvalue weighted by atomic mass is 32.2. The largest absolute Gasteiger partial charge is 0.495 e. The summed E-state index contributed by atoms with van der Waals surface area (Å²) in [7, 11) is 1.61. The third-order valence-corrected chi connectivity index (χ3v) is 4.32. The number of ether oxygens (including phenoxy) is 1. The number of aliphatic hydroxyl groups excluding tert-OH is 1. The summed E-state index contributed by atoms with van der Waals surface area (Å²) in [5.41, 5.74) is 0.860. The molecule has 1 aromatic heterocycles. The summed E-state index contributed by atoms with van der Waals surface area (Å²) in [4.78, 5) is 4.08. The molecule has 88 valence electrons. The van der Waals surface area contributed by atoms with Crippen molar-refractivity contribution in [3.05, 3.63) is 24.0 Å². The molecule has 0 saturated carbocycles. The molecule has 3 nitrogen and oxygen atoms in total. The molecule has 1 fully saturated rings. The summed E-state index contributed by atoms with van der Waals surface area (Å²) in [6, 6.07) is 1.87. The van der Waals surface area contributed by atoms with Crippen LogP contribution in [0.1, 0.15) is 30.9 Å². The second-order valence-corrected chi connectivity index (χ2v) is 5.36. The quantitative estimate of drug-likeness (QED) is 0.879. The molecule has 2 heterocycles. The van der Waals surface area contributed by atoms with Crippen molar-refractivity contribution in [2.75, 3.05) is 12.9 Å². The first kappa shape index (κ1) is 11.7. The van der Waals surface area contributed by atoms with Gasteiger partial charge in [0.05, 0.1) is 19.4 Å². The molecule has 0 bridgehead atoms. The average Bonchev–Trinajstić information content (AvgIpc) is 2.39. The van der Waals surface area contributed by atoms with Crippen LogP contribution in [0.2, 0.25) is 0 Å². The van der Waals surface area contributed by atoms with Crippen molar-refractivity contribution in [2.45, 2.75) is 30.6 Å². The van der Waals surface area contributed by atoms with Crippen molar-refractivity contribution in [3.8, 4) is 5.75 Å². The van der Waals surface area contributed by atoms with Crippen LogP contribution in [-0.4, -0.2) is 28.2 Å². The summed E-state index contributed by atoms with van der Waals surface area (Å²) >= 11 is 1.86. The van der Waals surface area contributed by atoms with Crippen LogP contribution in [0.25, 0.3) is 0 Å². The van der Waals surface area contributed by atoms with Gasteiger partial charge in [-0.1, -0.05) is 6.42 Å². The highest BCUT2D eigenvalue weighted by molar-refractivity contribution is 7.99. The van der Waals surface area contributed by atoms with Gasteiger partial charge in [0.25, 0.3) is 0 Å². The Labute approximate surface area is 100 Å². The highest BCUT2D eigenvalue weighted by Gasteiger charge is 2.24. The standard InChI is InChI=1S/C12H17NO2S/c1-15-10-6-9(7-13-8-10)12(14)11-4-2-3-5-16-11/h6-8,11-12,14H,2-5H2,1H3. The molecule has 0 amide bonds.